The number of hydrogen-bond acceptors (Lipinski definition) is 2. The van der Waals surface area contributed by atoms with Crippen LogP contribution in [0.5, 0.6) is 0 Å². The van der Waals surface area contributed by atoms with Gasteiger partial charge in [-0.05, 0) is 20.8 Å². The molecule has 0 aromatic heterocycles. The Morgan fingerprint density at radius 3 is 1.85 bits per heavy atom. The van der Waals surface area contributed by atoms with Gasteiger partial charge in [0.05, 0.1) is 0 Å². The van der Waals surface area contributed by atoms with Crippen molar-refractivity contribution in [3.05, 3.63) is 35.9 Å². The fraction of sp³-hybridized carbons (Fsp3) is 0.364. The fourth-order valence-corrected chi connectivity index (χ4v) is 0.673. The lowest BCUT2D eigenvalue weighted by atomic mass is 10.2. The summed E-state index contributed by atoms with van der Waals surface area (Å²) in [6, 6.07) is 9.23. The average molecular weight is 180 g/mol. The van der Waals surface area contributed by atoms with Crippen LogP contribution in [0.3, 0.4) is 0 Å². The number of carbonyl (C=O) groups excluding carboxylic acids is 1. The number of benzene rings is 1. The van der Waals surface area contributed by atoms with Crippen LogP contribution in [0.15, 0.2) is 30.3 Å². The first-order chi connectivity index (χ1) is 6.04. The van der Waals surface area contributed by atoms with E-state index in [9.17, 15) is 4.79 Å². The molecule has 0 radical (unpaired) electrons. The molecular formula is C11H16O2. The minimum Gasteiger partial charge on any atom is -0.394 e. The van der Waals surface area contributed by atoms with E-state index in [0.29, 0.717) is 0 Å². The number of hydrogen-bond donors (Lipinski definition) is 1. The molecule has 0 saturated heterocycles. The van der Waals surface area contributed by atoms with Crippen molar-refractivity contribution in [2.75, 3.05) is 0 Å². The third kappa shape index (κ3) is 7.22. The van der Waals surface area contributed by atoms with Crippen LogP contribution < -0.4 is 0 Å². The number of aliphatic hydroxyl groups is 1. The van der Waals surface area contributed by atoms with Gasteiger partial charge in [-0.3, -0.25) is 4.79 Å². The summed E-state index contributed by atoms with van der Waals surface area (Å²) >= 11 is 0. The molecule has 0 spiro atoms. The molecule has 2 heteroatoms. The molecule has 2 nitrogen and oxygen atoms in total. The van der Waals surface area contributed by atoms with E-state index in [1.165, 1.54) is 0 Å². The highest BCUT2D eigenvalue weighted by Gasteiger charge is 1.92. The quantitative estimate of drug-likeness (QED) is 0.673. The second-order valence-corrected chi connectivity index (χ2v) is 3.02. The van der Waals surface area contributed by atoms with Crippen LogP contribution in [0, 0.1) is 0 Å². The normalized spacial score (nSPS) is 9.00. The predicted molar refractivity (Wildman–Crippen MR) is 53.8 cm³/mol. The van der Waals surface area contributed by atoms with Crippen LogP contribution in [0.4, 0.5) is 0 Å². The first kappa shape index (κ1) is 11.8. The second-order valence-electron chi connectivity index (χ2n) is 3.02. The second kappa shape index (κ2) is 6.38. The van der Waals surface area contributed by atoms with Gasteiger partial charge in [0, 0.05) is 11.7 Å². The zero-order valence-electron chi connectivity index (χ0n) is 8.32. The maximum absolute atomic E-state index is 10.6. The molecule has 1 N–H and O–H groups in total. The molecule has 0 atom stereocenters. The van der Waals surface area contributed by atoms with E-state index in [1.807, 2.05) is 30.3 Å². The van der Waals surface area contributed by atoms with Crippen molar-refractivity contribution < 1.29 is 9.90 Å². The van der Waals surface area contributed by atoms with Crippen LogP contribution in [0.1, 0.15) is 31.1 Å². The van der Waals surface area contributed by atoms with Gasteiger partial charge in [-0.25, -0.2) is 0 Å². The molecule has 0 aliphatic heterocycles. The van der Waals surface area contributed by atoms with Gasteiger partial charge in [0.15, 0.2) is 5.78 Å². The van der Waals surface area contributed by atoms with Crippen LogP contribution in [0.25, 0.3) is 0 Å². The number of aliphatic hydroxyl groups excluding tert-OH is 1. The zero-order valence-corrected chi connectivity index (χ0v) is 8.32. The largest absolute Gasteiger partial charge is 0.394 e. The van der Waals surface area contributed by atoms with E-state index in [1.54, 1.807) is 20.8 Å². The van der Waals surface area contributed by atoms with Gasteiger partial charge < -0.3 is 5.11 Å². The maximum Gasteiger partial charge on any atom is 0.159 e. The third-order valence-corrected chi connectivity index (χ3v) is 1.18. The number of carbonyl (C=O) groups is 1. The average Bonchev–Trinajstić information content (AvgIpc) is 2.05. The van der Waals surface area contributed by atoms with Crippen molar-refractivity contribution in [3.63, 3.8) is 0 Å². The molecule has 0 aliphatic rings. The molecule has 0 amide bonds. The van der Waals surface area contributed by atoms with Crippen molar-refractivity contribution in [1.82, 2.24) is 0 Å². The number of rotatable bonds is 1. The molecule has 13 heavy (non-hydrogen) atoms. The van der Waals surface area contributed by atoms with Crippen molar-refractivity contribution in [2.45, 2.75) is 26.9 Å². The van der Waals surface area contributed by atoms with Crippen molar-refractivity contribution in [1.29, 1.82) is 0 Å². The molecule has 1 aromatic carbocycles. The summed E-state index contributed by atoms with van der Waals surface area (Å²) in [7, 11) is 0. The van der Waals surface area contributed by atoms with Crippen molar-refractivity contribution >= 4 is 5.78 Å². The first-order valence-electron chi connectivity index (χ1n) is 4.28. The topological polar surface area (TPSA) is 37.3 Å². The smallest absolute Gasteiger partial charge is 0.159 e. The minimum absolute atomic E-state index is 0.121. The molecule has 0 heterocycles. The van der Waals surface area contributed by atoms with Gasteiger partial charge in [0.2, 0.25) is 0 Å². The summed E-state index contributed by atoms with van der Waals surface area (Å²) in [4.78, 5) is 10.6. The molecule has 1 aromatic rings. The van der Waals surface area contributed by atoms with Gasteiger partial charge in [0.25, 0.3) is 0 Å². The summed E-state index contributed by atoms with van der Waals surface area (Å²) in [6.45, 7) is 5.01. The molecule has 0 unspecified atom stereocenters. The number of Topliss-reactive ketones (excluding diaryl/α,β-unsaturated/α-hetero) is 1. The summed E-state index contributed by atoms with van der Waals surface area (Å²) in [5.74, 6) is 0.121. The molecular weight excluding hydrogens is 164 g/mol. The number of ketones is 1. The minimum atomic E-state index is -0.167. The van der Waals surface area contributed by atoms with Crippen LogP contribution in [0.2, 0.25) is 0 Å². The highest BCUT2D eigenvalue weighted by atomic mass is 16.3. The van der Waals surface area contributed by atoms with Gasteiger partial charge in [-0.15, -0.1) is 0 Å². The Hall–Kier alpha value is -1.15. The molecule has 0 aliphatic carbocycles. The standard InChI is InChI=1S/C8H8O.C3H8O/c1-7(9)8-5-3-2-4-6-8;1-3(2)4/h2-6H,1H3;3-4H,1-2H3. The van der Waals surface area contributed by atoms with E-state index in [4.69, 9.17) is 5.11 Å². The lowest BCUT2D eigenvalue weighted by molar-refractivity contribution is 0.101. The Bertz CT molecular complexity index is 237. The highest BCUT2D eigenvalue weighted by Crippen LogP contribution is 1.97. The third-order valence-electron chi connectivity index (χ3n) is 1.18. The van der Waals surface area contributed by atoms with Crippen LogP contribution in [-0.2, 0) is 0 Å². The Labute approximate surface area is 79.2 Å². The van der Waals surface area contributed by atoms with E-state index in [2.05, 4.69) is 0 Å². The van der Waals surface area contributed by atoms with E-state index in [0.717, 1.165) is 5.56 Å². The SMILES string of the molecule is CC(=O)c1ccccc1.CC(C)O. The van der Waals surface area contributed by atoms with Crippen LogP contribution >= 0.6 is 0 Å². The first-order valence-corrected chi connectivity index (χ1v) is 4.28. The summed E-state index contributed by atoms with van der Waals surface area (Å²) in [5, 5.41) is 8.06. The fourth-order valence-electron chi connectivity index (χ4n) is 0.673. The van der Waals surface area contributed by atoms with Gasteiger partial charge in [0.1, 0.15) is 0 Å². The van der Waals surface area contributed by atoms with Gasteiger partial charge in [-0.2, -0.15) is 0 Å². The Balaban J connectivity index is 0.000000310. The van der Waals surface area contributed by atoms with E-state index in [-0.39, 0.29) is 11.9 Å². The molecule has 0 bridgehead atoms. The maximum atomic E-state index is 10.6. The van der Waals surface area contributed by atoms with Crippen molar-refractivity contribution in [2.24, 2.45) is 0 Å². The Morgan fingerprint density at radius 1 is 1.23 bits per heavy atom. The van der Waals surface area contributed by atoms with E-state index < -0.39 is 0 Å². The van der Waals surface area contributed by atoms with Crippen molar-refractivity contribution in [3.8, 4) is 0 Å². The highest BCUT2D eigenvalue weighted by molar-refractivity contribution is 5.93. The summed E-state index contributed by atoms with van der Waals surface area (Å²) in [5.41, 5.74) is 0.775. The van der Waals surface area contributed by atoms with E-state index >= 15 is 0 Å². The lowest BCUT2D eigenvalue weighted by Gasteiger charge is -1.89. The monoisotopic (exact) mass is 180 g/mol. The van der Waals surface area contributed by atoms with Crippen LogP contribution in [-0.4, -0.2) is 17.0 Å². The molecule has 0 saturated carbocycles. The molecule has 1 rings (SSSR count). The van der Waals surface area contributed by atoms with Gasteiger partial charge in [-0.1, -0.05) is 30.3 Å². The molecule has 72 valence electrons. The zero-order chi connectivity index (χ0) is 10.3. The Morgan fingerprint density at radius 2 is 1.62 bits per heavy atom. The lowest BCUT2D eigenvalue weighted by Crippen LogP contribution is -1.88. The molecule has 0 fully saturated rings. The van der Waals surface area contributed by atoms with Gasteiger partial charge >= 0.3 is 0 Å². The summed E-state index contributed by atoms with van der Waals surface area (Å²) in [6.07, 6.45) is -0.167. The predicted octanol–water partition coefficient (Wildman–Crippen LogP) is 2.28. The summed E-state index contributed by atoms with van der Waals surface area (Å²) < 4.78 is 0. The Kier molecular flexibility index (Phi) is 5.81.